The minimum atomic E-state index is 0.650. The Kier molecular flexibility index (Phi) is 6.43. The molecule has 6 aromatic carbocycles. The van der Waals surface area contributed by atoms with Gasteiger partial charge in [0.2, 0.25) is 0 Å². The highest BCUT2D eigenvalue weighted by Crippen LogP contribution is 2.47. The molecule has 4 heteroatoms. The van der Waals surface area contributed by atoms with Crippen molar-refractivity contribution in [2.45, 2.75) is 6.92 Å². The number of para-hydroxylation sites is 2. The third-order valence-corrected chi connectivity index (χ3v) is 10.7. The van der Waals surface area contributed by atoms with Crippen LogP contribution < -0.4 is 0 Å². The van der Waals surface area contributed by atoms with Gasteiger partial charge in [-0.1, -0.05) is 104 Å². The molecule has 3 nitrogen and oxygen atoms in total. The van der Waals surface area contributed by atoms with E-state index in [0.29, 0.717) is 5.56 Å². The van der Waals surface area contributed by atoms with Gasteiger partial charge in [0.15, 0.2) is 0 Å². The van der Waals surface area contributed by atoms with E-state index in [1.807, 2.05) is 35.6 Å². The van der Waals surface area contributed by atoms with Crippen molar-refractivity contribution in [1.29, 1.82) is 5.26 Å². The molecule has 0 aliphatic carbocycles. The Hall–Kier alpha value is -6.15. The molecular weight excluding hydrogens is 605 g/mol. The quantitative estimate of drug-likeness (QED) is 0.177. The summed E-state index contributed by atoms with van der Waals surface area (Å²) in [5.41, 5.74) is 10.5. The summed E-state index contributed by atoms with van der Waals surface area (Å²) in [6.45, 7) is 5.94. The van der Waals surface area contributed by atoms with Crippen LogP contribution in [0.1, 0.15) is 16.9 Å². The summed E-state index contributed by atoms with van der Waals surface area (Å²) in [5.74, 6) is 0.845. The molecule has 0 amide bonds. The van der Waals surface area contributed by atoms with Gasteiger partial charge in [-0.3, -0.25) is 0 Å². The van der Waals surface area contributed by atoms with Crippen molar-refractivity contribution in [2.24, 2.45) is 0 Å². The van der Waals surface area contributed by atoms with Crippen molar-refractivity contribution >= 4 is 70.4 Å². The maximum absolute atomic E-state index is 9.81. The Morgan fingerprint density at radius 1 is 0.688 bits per heavy atom. The molecule has 0 saturated carbocycles. The molecule has 0 radical (unpaired) electrons. The molecule has 0 aliphatic heterocycles. The third-order valence-electron chi connectivity index (χ3n) is 9.40. The average Bonchev–Trinajstić information content (AvgIpc) is 3.79. The van der Waals surface area contributed by atoms with Gasteiger partial charge in [-0.2, -0.15) is 5.26 Å². The lowest BCUT2D eigenvalue weighted by molar-refractivity contribution is 0.602. The lowest BCUT2D eigenvalue weighted by Crippen LogP contribution is -1.94. The van der Waals surface area contributed by atoms with Crippen molar-refractivity contribution in [3.63, 3.8) is 0 Å². The molecule has 0 bridgehead atoms. The van der Waals surface area contributed by atoms with Gasteiger partial charge in [-0.15, -0.1) is 11.3 Å². The van der Waals surface area contributed by atoms with Crippen molar-refractivity contribution in [1.82, 2.24) is 4.57 Å². The number of nitriles is 1. The van der Waals surface area contributed by atoms with E-state index < -0.39 is 0 Å². The molecular formula is C44H28N2OS. The van der Waals surface area contributed by atoms with E-state index in [2.05, 4.69) is 133 Å². The minimum Gasteiger partial charge on any atom is -0.456 e. The van der Waals surface area contributed by atoms with Crippen LogP contribution in [0.3, 0.4) is 0 Å². The second-order valence-electron chi connectivity index (χ2n) is 12.1. The zero-order valence-corrected chi connectivity index (χ0v) is 27.0. The molecule has 0 unspecified atom stereocenters. The van der Waals surface area contributed by atoms with Gasteiger partial charge in [0.25, 0.3) is 0 Å². The average molecular weight is 633 g/mol. The summed E-state index contributed by atoms with van der Waals surface area (Å²) in [4.78, 5) is 0. The van der Waals surface area contributed by atoms with Crippen LogP contribution in [0.15, 0.2) is 144 Å². The predicted molar refractivity (Wildman–Crippen MR) is 203 cm³/mol. The Balaban J connectivity index is 1.37. The van der Waals surface area contributed by atoms with Crippen molar-refractivity contribution in [3.8, 4) is 34.0 Å². The highest BCUT2D eigenvalue weighted by molar-refractivity contribution is 7.26. The van der Waals surface area contributed by atoms with Gasteiger partial charge in [0.05, 0.1) is 33.1 Å². The fraction of sp³-hybridized carbons (Fsp3) is 0.0227. The number of hydrogen-bond acceptors (Lipinski definition) is 3. The van der Waals surface area contributed by atoms with Crippen molar-refractivity contribution in [3.05, 3.63) is 157 Å². The smallest absolute Gasteiger partial charge is 0.142 e. The largest absolute Gasteiger partial charge is 0.456 e. The van der Waals surface area contributed by atoms with Crippen LogP contribution in [0.5, 0.6) is 0 Å². The van der Waals surface area contributed by atoms with Crippen LogP contribution in [0.25, 0.3) is 87.0 Å². The van der Waals surface area contributed by atoms with Crippen LogP contribution in [-0.4, -0.2) is 4.57 Å². The molecule has 0 N–H and O–H groups in total. The highest BCUT2D eigenvalue weighted by Gasteiger charge is 2.21. The first-order valence-electron chi connectivity index (χ1n) is 15.9. The molecule has 0 fully saturated rings. The van der Waals surface area contributed by atoms with E-state index in [4.69, 9.17) is 4.42 Å². The van der Waals surface area contributed by atoms with Crippen molar-refractivity contribution in [2.75, 3.05) is 0 Å². The summed E-state index contributed by atoms with van der Waals surface area (Å²) in [7, 11) is 0. The maximum Gasteiger partial charge on any atom is 0.142 e. The first-order valence-corrected chi connectivity index (χ1v) is 16.8. The van der Waals surface area contributed by atoms with E-state index in [0.717, 1.165) is 55.5 Å². The number of allylic oxidation sites excluding steroid dienone is 2. The van der Waals surface area contributed by atoms with E-state index in [-0.39, 0.29) is 0 Å². The first-order chi connectivity index (χ1) is 23.6. The number of rotatable bonds is 5. The van der Waals surface area contributed by atoms with E-state index in [1.54, 1.807) is 6.08 Å². The Morgan fingerprint density at radius 3 is 2.31 bits per heavy atom. The molecule has 226 valence electrons. The van der Waals surface area contributed by atoms with Crippen LogP contribution in [0.4, 0.5) is 0 Å². The van der Waals surface area contributed by atoms with Gasteiger partial charge in [-0.05, 0) is 60.5 Å². The molecule has 9 rings (SSSR count). The zero-order chi connectivity index (χ0) is 32.4. The number of benzene rings is 6. The van der Waals surface area contributed by atoms with Gasteiger partial charge in [0.1, 0.15) is 11.3 Å². The van der Waals surface area contributed by atoms with E-state index in [9.17, 15) is 5.26 Å². The maximum atomic E-state index is 9.81. The van der Waals surface area contributed by atoms with Crippen molar-refractivity contribution < 1.29 is 4.42 Å². The minimum absolute atomic E-state index is 0.650. The van der Waals surface area contributed by atoms with Crippen LogP contribution >= 0.6 is 11.3 Å². The predicted octanol–water partition coefficient (Wildman–Crippen LogP) is 12.6. The number of thiophene rings is 1. The molecule has 0 spiro atoms. The van der Waals surface area contributed by atoms with Crippen LogP contribution in [0, 0.1) is 18.3 Å². The molecule has 9 aromatic rings. The lowest BCUT2D eigenvalue weighted by Gasteiger charge is -2.10. The monoisotopic (exact) mass is 632 g/mol. The standard InChI is InChI=1S/C44H28N2OS/c1-3-4-20-41-27(2)31-15-10-16-32(42(31)47-41)30-24-36(29-12-6-5-7-13-29)43-37(25-30)35-17-11-19-39(44(35)48-43)46-38-18-9-8-14-33(38)34-22-21-28(26-45)23-40(34)46/h3-25H,1H2,2H3/b20-4-. The van der Waals surface area contributed by atoms with E-state index >= 15 is 0 Å². The molecule has 0 aliphatic rings. The van der Waals surface area contributed by atoms with Gasteiger partial charge in [0, 0.05) is 48.3 Å². The zero-order valence-electron chi connectivity index (χ0n) is 26.2. The molecule has 0 atom stereocenters. The van der Waals surface area contributed by atoms with Gasteiger partial charge < -0.3 is 8.98 Å². The fourth-order valence-corrected chi connectivity index (χ4v) is 8.47. The molecule has 3 heterocycles. The fourth-order valence-electron chi connectivity index (χ4n) is 7.15. The number of aromatic nitrogens is 1. The topological polar surface area (TPSA) is 41.9 Å². The summed E-state index contributed by atoms with van der Waals surface area (Å²) >= 11 is 1.83. The SMILES string of the molecule is C=C/C=C\c1oc2c(-c3cc(-c4ccccc4)c4sc5c(-n6c7ccccc7c7ccc(C#N)cc76)cccc5c4c3)cccc2c1C. The first kappa shape index (κ1) is 28.1. The number of hydrogen-bond donors (Lipinski definition) is 0. The number of aryl methyl sites for hydroxylation is 1. The second kappa shape index (κ2) is 11.0. The Bertz CT molecular complexity index is 2820. The Labute approximate surface area is 281 Å². The number of nitrogens with zero attached hydrogens (tertiary/aromatic N) is 2. The van der Waals surface area contributed by atoms with Gasteiger partial charge >= 0.3 is 0 Å². The summed E-state index contributed by atoms with van der Waals surface area (Å²) in [5, 5.41) is 15.6. The van der Waals surface area contributed by atoms with Crippen LogP contribution in [-0.2, 0) is 0 Å². The van der Waals surface area contributed by atoms with E-state index in [1.165, 1.54) is 36.7 Å². The summed E-state index contributed by atoms with van der Waals surface area (Å²) in [6, 6.07) is 45.2. The molecule has 3 aromatic heterocycles. The normalized spacial score (nSPS) is 11.8. The Morgan fingerprint density at radius 2 is 1.46 bits per heavy atom. The summed E-state index contributed by atoms with van der Waals surface area (Å²) < 4.78 is 11.3. The summed E-state index contributed by atoms with van der Waals surface area (Å²) in [6.07, 6.45) is 5.66. The highest BCUT2D eigenvalue weighted by atomic mass is 32.1. The molecule has 0 saturated heterocycles. The second-order valence-corrected chi connectivity index (χ2v) is 13.1. The number of fused-ring (bicyclic) bond motifs is 7. The van der Waals surface area contributed by atoms with Crippen LogP contribution in [0.2, 0.25) is 0 Å². The van der Waals surface area contributed by atoms with Gasteiger partial charge in [-0.25, -0.2) is 0 Å². The third kappa shape index (κ3) is 4.19. The molecule has 48 heavy (non-hydrogen) atoms. The lowest BCUT2D eigenvalue weighted by atomic mass is 9.95. The number of furan rings is 1.